The molecule has 0 bridgehead atoms. The standard InChI is InChI=1S/C22H18FN3O3/c1-28-16-7-9-18(20(12-16)29-2)22(27)24-21-17-8-6-14(11-19(17)25-26-21)13-4-3-5-15(23)10-13/h3-12H,1-2H3,(H2,24,25,26,27). The minimum Gasteiger partial charge on any atom is -0.497 e. The topological polar surface area (TPSA) is 76.2 Å². The smallest absolute Gasteiger partial charge is 0.260 e. The van der Waals surface area contributed by atoms with Crippen LogP contribution in [-0.4, -0.2) is 30.3 Å². The highest BCUT2D eigenvalue weighted by Gasteiger charge is 2.16. The molecule has 0 aliphatic heterocycles. The maximum Gasteiger partial charge on any atom is 0.260 e. The summed E-state index contributed by atoms with van der Waals surface area (Å²) in [6.07, 6.45) is 0. The summed E-state index contributed by atoms with van der Waals surface area (Å²) >= 11 is 0. The maximum absolute atomic E-state index is 13.5. The molecule has 0 aliphatic rings. The van der Waals surface area contributed by atoms with Gasteiger partial charge >= 0.3 is 0 Å². The van der Waals surface area contributed by atoms with Crippen molar-refractivity contribution in [3.05, 3.63) is 72.0 Å². The van der Waals surface area contributed by atoms with Crippen LogP contribution in [0.3, 0.4) is 0 Å². The monoisotopic (exact) mass is 391 g/mol. The van der Waals surface area contributed by atoms with E-state index in [1.165, 1.54) is 19.2 Å². The summed E-state index contributed by atoms with van der Waals surface area (Å²) in [6.45, 7) is 0. The van der Waals surface area contributed by atoms with E-state index in [1.54, 1.807) is 31.4 Å². The van der Waals surface area contributed by atoms with Crippen molar-refractivity contribution in [2.24, 2.45) is 0 Å². The molecule has 0 radical (unpaired) electrons. The Balaban J connectivity index is 1.63. The lowest BCUT2D eigenvalue weighted by atomic mass is 10.0. The summed E-state index contributed by atoms with van der Waals surface area (Å²) in [4.78, 5) is 12.7. The third-order valence-electron chi connectivity index (χ3n) is 4.61. The number of rotatable bonds is 5. The predicted octanol–water partition coefficient (Wildman–Crippen LogP) is 4.64. The van der Waals surface area contributed by atoms with Gasteiger partial charge in [-0.15, -0.1) is 0 Å². The van der Waals surface area contributed by atoms with E-state index in [1.807, 2.05) is 24.3 Å². The van der Waals surface area contributed by atoms with Crippen LogP contribution < -0.4 is 14.8 Å². The highest BCUT2D eigenvalue weighted by molar-refractivity contribution is 6.09. The molecule has 4 aromatic rings. The van der Waals surface area contributed by atoms with Crippen LogP contribution in [0.1, 0.15) is 10.4 Å². The number of benzene rings is 3. The quantitative estimate of drug-likeness (QED) is 0.520. The van der Waals surface area contributed by atoms with Crippen LogP contribution in [0.25, 0.3) is 22.0 Å². The van der Waals surface area contributed by atoms with Gasteiger partial charge in [-0.2, -0.15) is 5.10 Å². The number of methoxy groups -OCH3 is 2. The van der Waals surface area contributed by atoms with E-state index in [-0.39, 0.29) is 11.7 Å². The van der Waals surface area contributed by atoms with E-state index in [0.717, 1.165) is 22.0 Å². The van der Waals surface area contributed by atoms with E-state index >= 15 is 0 Å². The number of H-pyrrole nitrogens is 1. The fourth-order valence-corrected chi connectivity index (χ4v) is 3.12. The number of halogens is 1. The molecule has 29 heavy (non-hydrogen) atoms. The number of hydrogen-bond acceptors (Lipinski definition) is 4. The van der Waals surface area contributed by atoms with Crippen molar-refractivity contribution >= 4 is 22.6 Å². The first-order valence-electron chi connectivity index (χ1n) is 8.86. The van der Waals surface area contributed by atoms with Gasteiger partial charge in [-0.25, -0.2) is 4.39 Å². The molecule has 146 valence electrons. The number of ether oxygens (including phenoxy) is 2. The molecule has 1 amide bonds. The van der Waals surface area contributed by atoms with Crippen LogP contribution in [-0.2, 0) is 0 Å². The average molecular weight is 391 g/mol. The first-order chi connectivity index (χ1) is 14.1. The molecule has 0 saturated carbocycles. The number of amides is 1. The summed E-state index contributed by atoms with van der Waals surface area (Å²) < 4.78 is 23.9. The second kappa shape index (κ2) is 7.63. The van der Waals surface area contributed by atoms with Gasteiger partial charge in [0, 0.05) is 11.5 Å². The number of aromatic nitrogens is 2. The number of hydrogen-bond donors (Lipinski definition) is 2. The molecule has 0 spiro atoms. The number of fused-ring (bicyclic) bond motifs is 1. The zero-order valence-corrected chi connectivity index (χ0v) is 15.8. The van der Waals surface area contributed by atoms with Crippen molar-refractivity contribution in [3.63, 3.8) is 0 Å². The molecule has 1 aromatic heterocycles. The first-order valence-corrected chi connectivity index (χ1v) is 8.86. The van der Waals surface area contributed by atoms with Gasteiger partial charge in [-0.05, 0) is 47.5 Å². The lowest BCUT2D eigenvalue weighted by Crippen LogP contribution is -2.13. The minimum absolute atomic E-state index is 0.298. The van der Waals surface area contributed by atoms with Crippen LogP contribution in [0.4, 0.5) is 10.2 Å². The zero-order valence-electron chi connectivity index (χ0n) is 15.8. The Morgan fingerprint density at radius 1 is 1.00 bits per heavy atom. The van der Waals surface area contributed by atoms with Crippen molar-refractivity contribution < 1.29 is 18.7 Å². The molecule has 4 rings (SSSR count). The lowest BCUT2D eigenvalue weighted by Gasteiger charge is -2.10. The molecule has 0 fully saturated rings. The summed E-state index contributed by atoms with van der Waals surface area (Å²) in [7, 11) is 3.03. The average Bonchev–Trinajstić information content (AvgIpc) is 3.15. The molecule has 0 aliphatic carbocycles. The Morgan fingerprint density at radius 2 is 1.83 bits per heavy atom. The van der Waals surface area contributed by atoms with Crippen LogP contribution >= 0.6 is 0 Å². The van der Waals surface area contributed by atoms with Crippen LogP contribution in [0.5, 0.6) is 11.5 Å². The highest BCUT2D eigenvalue weighted by Crippen LogP contribution is 2.29. The Kier molecular flexibility index (Phi) is 4.87. The Bertz CT molecular complexity index is 1200. The molecular formula is C22H18FN3O3. The number of carbonyl (C=O) groups is 1. The number of carbonyl (C=O) groups excluding carboxylic acids is 1. The van der Waals surface area contributed by atoms with Crippen molar-refractivity contribution in [1.29, 1.82) is 0 Å². The predicted molar refractivity (Wildman–Crippen MR) is 109 cm³/mol. The van der Waals surface area contributed by atoms with Crippen LogP contribution in [0.15, 0.2) is 60.7 Å². The normalized spacial score (nSPS) is 10.7. The third-order valence-corrected chi connectivity index (χ3v) is 4.61. The number of nitrogens with zero attached hydrogens (tertiary/aromatic N) is 1. The van der Waals surface area contributed by atoms with Gasteiger partial charge < -0.3 is 14.8 Å². The maximum atomic E-state index is 13.5. The second-order valence-corrected chi connectivity index (χ2v) is 6.36. The molecule has 6 nitrogen and oxygen atoms in total. The van der Waals surface area contributed by atoms with Gasteiger partial charge in [-0.1, -0.05) is 18.2 Å². The molecule has 0 atom stereocenters. The Hall–Kier alpha value is -3.87. The van der Waals surface area contributed by atoms with Crippen molar-refractivity contribution in [2.75, 3.05) is 19.5 Å². The first kappa shape index (κ1) is 18.5. The van der Waals surface area contributed by atoms with E-state index in [2.05, 4.69) is 15.5 Å². The summed E-state index contributed by atoms with van der Waals surface area (Å²) in [5.74, 6) is 0.734. The largest absolute Gasteiger partial charge is 0.497 e. The number of anilines is 1. The molecular weight excluding hydrogens is 373 g/mol. The SMILES string of the molecule is COc1ccc(C(=O)Nc2n[nH]c3cc(-c4cccc(F)c4)ccc23)c(OC)c1. The van der Waals surface area contributed by atoms with E-state index in [9.17, 15) is 9.18 Å². The summed E-state index contributed by atoms with van der Waals surface area (Å²) in [5, 5.41) is 10.7. The van der Waals surface area contributed by atoms with E-state index < -0.39 is 0 Å². The van der Waals surface area contributed by atoms with Gasteiger partial charge in [0.15, 0.2) is 5.82 Å². The molecule has 7 heteroatoms. The lowest BCUT2D eigenvalue weighted by molar-refractivity contribution is 0.102. The second-order valence-electron chi connectivity index (χ2n) is 6.36. The molecule has 2 N–H and O–H groups in total. The third kappa shape index (κ3) is 3.62. The fraction of sp³-hybridized carbons (Fsp3) is 0.0909. The molecule has 0 saturated heterocycles. The number of nitrogens with one attached hydrogen (secondary N) is 2. The summed E-state index contributed by atoms with van der Waals surface area (Å²) in [6, 6.07) is 16.9. The molecule has 1 heterocycles. The molecule has 3 aromatic carbocycles. The van der Waals surface area contributed by atoms with Gasteiger partial charge in [0.2, 0.25) is 0 Å². The molecule has 0 unspecified atom stereocenters. The fourth-order valence-electron chi connectivity index (χ4n) is 3.12. The zero-order chi connectivity index (χ0) is 20.4. The summed E-state index contributed by atoms with van der Waals surface area (Å²) in [5.41, 5.74) is 2.69. The number of aromatic amines is 1. The van der Waals surface area contributed by atoms with Crippen LogP contribution in [0, 0.1) is 5.82 Å². The van der Waals surface area contributed by atoms with Crippen molar-refractivity contribution in [3.8, 4) is 22.6 Å². The van der Waals surface area contributed by atoms with Crippen molar-refractivity contribution in [2.45, 2.75) is 0 Å². The minimum atomic E-state index is -0.355. The van der Waals surface area contributed by atoms with Gasteiger partial charge in [0.1, 0.15) is 17.3 Å². The van der Waals surface area contributed by atoms with Gasteiger partial charge in [-0.3, -0.25) is 9.89 Å². The van der Waals surface area contributed by atoms with Gasteiger partial charge in [0.25, 0.3) is 5.91 Å². The van der Waals surface area contributed by atoms with Crippen LogP contribution in [0.2, 0.25) is 0 Å². The van der Waals surface area contributed by atoms with E-state index in [4.69, 9.17) is 9.47 Å². The Labute approximate surface area is 166 Å². The van der Waals surface area contributed by atoms with Crippen molar-refractivity contribution in [1.82, 2.24) is 10.2 Å². The van der Waals surface area contributed by atoms with E-state index in [0.29, 0.717) is 22.9 Å². The van der Waals surface area contributed by atoms with Gasteiger partial charge in [0.05, 0.1) is 25.3 Å². The Morgan fingerprint density at radius 3 is 2.59 bits per heavy atom. The highest BCUT2D eigenvalue weighted by atomic mass is 19.1.